The van der Waals surface area contributed by atoms with Crippen LogP contribution in [0.3, 0.4) is 0 Å². The van der Waals surface area contributed by atoms with Gasteiger partial charge in [0.1, 0.15) is 17.6 Å². The first-order valence-electron chi connectivity index (χ1n) is 10.2. The molecule has 0 spiro atoms. The molecule has 7 nitrogen and oxygen atoms in total. The molecule has 8 heteroatoms. The van der Waals surface area contributed by atoms with Crippen LogP contribution in [0.15, 0.2) is 72.8 Å². The Labute approximate surface area is 195 Å². The van der Waals surface area contributed by atoms with Gasteiger partial charge in [-0.05, 0) is 60.5 Å². The van der Waals surface area contributed by atoms with Gasteiger partial charge in [0.25, 0.3) is 5.91 Å². The molecule has 0 radical (unpaired) electrons. The second kappa shape index (κ2) is 9.37. The van der Waals surface area contributed by atoms with Crippen LogP contribution < -0.4 is 5.32 Å². The van der Waals surface area contributed by atoms with Gasteiger partial charge in [-0.15, -0.1) is 0 Å². The van der Waals surface area contributed by atoms with Gasteiger partial charge in [-0.1, -0.05) is 30.3 Å². The number of carbonyl (C=O) groups excluding carboxylic acids is 1. The van der Waals surface area contributed by atoms with E-state index in [-0.39, 0.29) is 11.4 Å². The van der Waals surface area contributed by atoms with E-state index in [0.717, 1.165) is 6.07 Å². The lowest BCUT2D eigenvalue weighted by Crippen LogP contribution is -2.18. The van der Waals surface area contributed by atoms with Gasteiger partial charge in [-0.3, -0.25) is 4.79 Å². The van der Waals surface area contributed by atoms with E-state index < -0.39 is 17.8 Å². The molecule has 1 unspecified atom stereocenters. The fraction of sp³-hybridized carbons (Fsp3) is 0.0769. The van der Waals surface area contributed by atoms with Gasteiger partial charge in [0.2, 0.25) is 0 Å². The van der Waals surface area contributed by atoms with Crippen LogP contribution in [-0.4, -0.2) is 20.8 Å². The molecule has 1 aromatic heterocycles. The number of nitrogens with one attached hydrogen (secondary N) is 1. The number of rotatable bonds is 5. The summed E-state index contributed by atoms with van der Waals surface area (Å²) in [6, 6.07) is 20.6. The summed E-state index contributed by atoms with van der Waals surface area (Å²) in [4.78, 5) is 16.5. The third-order valence-electron chi connectivity index (χ3n) is 5.15. The summed E-state index contributed by atoms with van der Waals surface area (Å²) in [6.07, 6.45) is -1.12. The highest BCUT2D eigenvalue weighted by Gasteiger charge is 2.19. The number of aliphatic hydroxyl groups is 1. The summed E-state index contributed by atoms with van der Waals surface area (Å²) in [5.41, 5.74) is 2.74. The van der Waals surface area contributed by atoms with E-state index >= 15 is 0 Å². The number of aryl methyl sites for hydroxylation is 1. The average Bonchev–Trinajstić information content (AvgIpc) is 3.26. The van der Waals surface area contributed by atoms with Crippen molar-refractivity contribution >= 4 is 17.3 Å². The van der Waals surface area contributed by atoms with Gasteiger partial charge < -0.3 is 10.4 Å². The van der Waals surface area contributed by atoms with Gasteiger partial charge in [-0.25, -0.2) is 13.9 Å². The van der Waals surface area contributed by atoms with Crippen molar-refractivity contribution in [3.63, 3.8) is 0 Å². The molecule has 34 heavy (non-hydrogen) atoms. The van der Waals surface area contributed by atoms with Gasteiger partial charge in [-0.2, -0.15) is 10.4 Å². The molecule has 2 N–H and O–H groups in total. The highest BCUT2D eigenvalue weighted by Crippen LogP contribution is 2.27. The van der Waals surface area contributed by atoms with Gasteiger partial charge in [0.15, 0.2) is 5.69 Å². The van der Waals surface area contributed by atoms with E-state index in [1.165, 1.54) is 16.8 Å². The maximum Gasteiger partial charge on any atom is 0.274 e. The first-order valence-corrected chi connectivity index (χ1v) is 10.2. The minimum atomic E-state index is -1.12. The van der Waals surface area contributed by atoms with E-state index in [1.54, 1.807) is 61.5 Å². The van der Waals surface area contributed by atoms with E-state index in [4.69, 9.17) is 11.8 Å². The quantitative estimate of drug-likeness (QED) is 0.414. The number of hydrogen-bond acceptors (Lipinski definition) is 4. The summed E-state index contributed by atoms with van der Waals surface area (Å²) in [5.74, 6) is -1.28. The zero-order chi connectivity index (χ0) is 24.2. The number of amides is 1. The molecule has 3 aromatic carbocycles. The molecule has 166 valence electrons. The molecule has 0 saturated heterocycles. The largest absolute Gasteiger partial charge is 0.384 e. The van der Waals surface area contributed by atoms with Crippen molar-refractivity contribution in [2.24, 2.45) is 0 Å². The lowest BCUT2D eigenvalue weighted by Gasteiger charge is -2.15. The van der Waals surface area contributed by atoms with Crippen molar-refractivity contribution in [3.8, 4) is 11.8 Å². The predicted octanol–water partition coefficient (Wildman–Crippen LogP) is 5.08. The lowest BCUT2D eigenvalue weighted by molar-refractivity contribution is 0.101. The Morgan fingerprint density at radius 3 is 2.68 bits per heavy atom. The van der Waals surface area contributed by atoms with Crippen molar-refractivity contribution in [2.45, 2.75) is 13.0 Å². The van der Waals surface area contributed by atoms with Gasteiger partial charge >= 0.3 is 0 Å². The van der Waals surface area contributed by atoms with Crippen molar-refractivity contribution in [1.29, 1.82) is 5.26 Å². The Balaban J connectivity index is 1.65. The number of hydrogen-bond donors (Lipinski definition) is 2. The fourth-order valence-corrected chi connectivity index (χ4v) is 3.52. The third kappa shape index (κ3) is 4.53. The molecule has 0 bridgehead atoms. The van der Waals surface area contributed by atoms with Crippen LogP contribution in [0.1, 0.15) is 39.0 Å². The molecule has 4 rings (SSSR count). The number of nitrogens with zero attached hydrogens (tertiary/aromatic N) is 4. The van der Waals surface area contributed by atoms with Crippen molar-refractivity contribution in [3.05, 3.63) is 118 Å². The van der Waals surface area contributed by atoms with Crippen molar-refractivity contribution in [1.82, 2.24) is 9.78 Å². The molecule has 1 amide bonds. The smallest absolute Gasteiger partial charge is 0.274 e. The van der Waals surface area contributed by atoms with Crippen LogP contribution in [0, 0.1) is 30.6 Å². The Morgan fingerprint density at radius 1 is 1.15 bits per heavy atom. The molecule has 1 atom stereocenters. The summed E-state index contributed by atoms with van der Waals surface area (Å²) < 4.78 is 16.0. The second-order valence-electron chi connectivity index (χ2n) is 7.55. The van der Waals surface area contributed by atoms with E-state index in [2.05, 4.69) is 15.3 Å². The third-order valence-corrected chi connectivity index (χ3v) is 5.15. The summed E-state index contributed by atoms with van der Waals surface area (Å²) in [7, 11) is 0. The minimum absolute atomic E-state index is 0.113. The number of aromatic nitrogens is 2. The Kier molecular flexibility index (Phi) is 6.18. The van der Waals surface area contributed by atoms with Crippen LogP contribution in [0.25, 0.3) is 10.5 Å². The monoisotopic (exact) mass is 451 g/mol. The number of benzene rings is 3. The summed E-state index contributed by atoms with van der Waals surface area (Å²) >= 11 is 0. The first-order chi connectivity index (χ1) is 16.4. The summed E-state index contributed by atoms with van der Waals surface area (Å²) in [6.45, 7) is 8.92. The normalized spacial score (nSPS) is 11.3. The molecule has 0 saturated carbocycles. The van der Waals surface area contributed by atoms with Crippen LogP contribution in [-0.2, 0) is 0 Å². The lowest BCUT2D eigenvalue weighted by atomic mass is 9.99. The van der Waals surface area contributed by atoms with E-state index in [9.17, 15) is 14.3 Å². The topological polar surface area (TPSA) is 95.3 Å². The molecule has 1 heterocycles. The second-order valence-corrected chi connectivity index (χ2v) is 7.55. The summed E-state index contributed by atoms with van der Waals surface area (Å²) in [5, 5.41) is 26.7. The maximum atomic E-state index is 14.6. The van der Waals surface area contributed by atoms with E-state index in [1.807, 2.05) is 6.07 Å². The van der Waals surface area contributed by atoms with E-state index in [0.29, 0.717) is 33.8 Å². The van der Waals surface area contributed by atoms with Crippen LogP contribution >= 0.6 is 0 Å². The number of anilines is 1. The number of aliphatic hydroxyl groups excluding tert-OH is 1. The highest BCUT2D eigenvalue weighted by atomic mass is 19.1. The van der Waals surface area contributed by atoms with Crippen molar-refractivity contribution in [2.75, 3.05) is 5.32 Å². The van der Waals surface area contributed by atoms with Crippen LogP contribution in [0.4, 0.5) is 15.8 Å². The Bertz CT molecular complexity index is 1480. The van der Waals surface area contributed by atoms with Gasteiger partial charge in [0.05, 0.1) is 35.3 Å². The highest BCUT2D eigenvalue weighted by molar-refractivity contribution is 6.03. The molecule has 0 aliphatic rings. The number of nitriles is 1. The zero-order valence-corrected chi connectivity index (χ0v) is 18.0. The van der Waals surface area contributed by atoms with Gasteiger partial charge in [0, 0.05) is 0 Å². The molecule has 0 aliphatic heterocycles. The van der Waals surface area contributed by atoms with Crippen LogP contribution in [0.2, 0.25) is 0 Å². The molecular formula is C26H18FN5O2. The maximum absolute atomic E-state index is 14.6. The number of halogens is 1. The number of carbonyl (C=O) groups is 1. The van der Waals surface area contributed by atoms with Crippen molar-refractivity contribution < 1.29 is 14.3 Å². The SMILES string of the molecule is [C-]#[N+]c1cccc(-n2nc(C)cc2C(=O)Nc2cc(C(O)c3cccc(C#N)c3)ccc2F)c1. The Hall–Kier alpha value is -4.79. The minimum Gasteiger partial charge on any atom is -0.384 e. The fourth-order valence-electron chi connectivity index (χ4n) is 3.52. The molecule has 4 aromatic rings. The average molecular weight is 451 g/mol. The molecule has 0 fully saturated rings. The van der Waals surface area contributed by atoms with Crippen LogP contribution in [0.5, 0.6) is 0 Å². The molecular weight excluding hydrogens is 433 g/mol. The zero-order valence-electron chi connectivity index (χ0n) is 18.0. The first kappa shape index (κ1) is 22.4. The molecule has 0 aliphatic carbocycles. The predicted molar refractivity (Wildman–Crippen MR) is 124 cm³/mol. The standard InChI is InChI=1S/C26H18FN5O2/c1-16-11-24(32(31-16)21-8-4-7-20(14-21)29-2)26(34)30-23-13-19(9-10-22(23)27)25(33)18-6-3-5-17(12-18)15-28/h3-14,25,33H,1H3,(H,30,34). The Morgan fingerprint density at radius 2 is 1.91 bits per heavy atom.